The zero-order valence-corrected chi connectivity index (χ0v) is 21.5. The van der Waals surface area contributed by atoms with Crippen molar-refractivity contribution in [1.82, 2.24) is 20.0 Å². The number of nitrogens with zero attached hydrogens (tertiary/aromatic N) is 4. The van der Waals surface area contributed by atoms with Crippen molar-refractivity contribution in [2.24, 2.45) is 0 Å². The molecule has 0 saturated heterocycles. The first kappa shape index (κ1) is 25.4. The monoisotopic (exact) mass is 503 g/mol. The third-order valence-electron chi connectivity index (χ3n) is 6.07. The van der Waals surface area contributed by atoms with E-state index in [-0.39, 0.29) is 17.3 Å². The van der Waals surface area contributed by atoms with E-state index < -0.39 is 13.0 Å². The maximum absolute atomic E-state index is 12.3. The van der Waals surface area contributed by atoms with Crippen molar-refractivity contribution in [3.63, 3.8) is 0 Å². The van der Waals surface area contributed by atoms with Crippen LogP contribution in [0, 0.1) is 6.92 Å². The number of aromatic nitrogens is 3. The largest absolute Gasteiger partial charge is 0.470 e. The van der Waals surface area contributed by atoms with E-state index in [2.05, 4.69) is 70.6 Å². The van der Waals surface area contributed by atoms with Gasteiger partial charge in [0, 0.05) is 29.0 Å². The van der Waals surface area contributed by atoms with Crippen LogP contribution in [0.4, 0.5) is 14.6 Å². The van der Waals surface area contributed by atoms with Crippen LogP contribution in [-0.2, 0) is 18.4 Å². The van der Waals surface area contributed by atoms with E-state index >= 15 is 0 Å². The number of fused-ring (bicyclic) bond motifs is 1. The summed E-state index contributed by atoms with van der Waals surface area (Å²) < 4.78 is 38.5. The summed E-state index contributed by atoms with van der Waals surface area (Å²) in [5, 5.41) is 4.21. The van der Waals surface area contributed by atoms with Crippen LogP contribution >= 0.6 is 11.9 Å². The minimum Gasteiger partial charge on any atom is -0.470 e. The molecule has 1 N–H and O–H groups in total. The molecule has 0 saturated carbocycles. The zero-order valence-electron chi connectivity index (χ0n) is 20.6. The maximum Gasteiger partial charge on any atom is 0.272 e. The second kappa shape index (κ2) is 10.5. The molecule has 0 amide bonds. The summed E-state index contributed by atoms with van der Waals surface area (Å²) >= 11 is 1.52. The average molecular weight is 504 g/mol. The van der Waals surface area contributed by atoms with Gasteiger partial charge in [0.25, 0.3) is 6.43 Å². The van der Waals surface area contributed by atoms with Gasteiger partial charge in [0.15, 0.2) is 12.4 Å². The SMILES string of the molecule is Cc1c(NSc2ccc3c(c2)CN(C(C)c2cnc(OCC(F)F)cn2)CC3)noc1C(C)(C)C. The molecular formula is C25H31F2N5O2S. The lowest BCUT2D eigenvalue weighted by molar-refractivity contribution is 0.0792. The highest BCUT2D eigenvalue weighted by Crippen LogP contribution is 2.33. The molecule has 0 aliphatic carbocycles. The molecule has 10 heteroatoms. The fraction of sp³-hybridized carbons (Fsp3) is 0.480. The summed E-state index contributed by atoms with van der Waals surface area (Å²) in [6, 6.07) is 6.55. The maximum atomic E-state index is 12.3. The third-order valence-corrected chi connectivity index (χ3v) is 6.86. The topological polar surface area (TPSA) is 76.3 Å². The summed E-state index contributed by atoms with van der Waals surface area (Å²) in [6.45, 7) is 11.4. The summed E-state index contributed by atoms with van der Waals surface area (Å²) in [5.74, 6) is 1.73. The molecule has 0 bridgehead atoms. The lowest BCUT2D eigenvalue weighted by Crippen LogP contribution is -2.33. The second-order valence-corrected chi connectivity index (χ2v) is 10.6. The van der Waals surface area contributed by atoms with Crippen molar-refractivity contribution < 1.29 is 18.0 Å². The number of benzene rings is 1. The number of hydrogen-bond donors (Lipinski definition) is 1. The summed E-state index contributed by atoms with van der Waals surface area (Å²) in [7, 11) is 0. The Morgan fingerprint density at radius 2 is 2.00 bits per heavy atom. The molecule has 4 rings (SSSR count). The van der Waals surface area contributed by atoms with E-state index in [1.165, 1.54) is 29.3 Å². The molecule has 1 aliphatic rings. The lowest BCUT2D eigenvalue weighted by Gasteiger charge is -2.33. The van der Waals surface area contributed by atoms with Gasteiger partial charge >= 0.3 is 0 Å². The lowest BCUT2D eigenvalue weighted by atomic mass is 9.91. The van der Waals surface area contributed by atoms with Gasteiger partial charge in [-0.3, -0.25) is 9.88 Å². The van der Waals surface area contributed by atoms with Gasteiger partial charge < -0.3 is 14.0 Å². The Morgan fingerprint density at radius 3 is 2.66 bits per heavy atom. The van der Waals surface area contributed by atoms with Gasteiger partial charge in [-0.15, -0.1) is 0 Å². The zero-order chi connectivity index (χ0) is 25.2. The van der Waals surface area contributed by atoms with Gasteiger partial charge in [-0.05, 0) is 55.5 Å². The summed E-state index contributed by atoms with van der Waals surface area (Å²) in [5.41, 5.74) is 4.31. The number of ether oxygens (including phenoxy) is 1. The van der Waals surface area contributed by atoms with Crippen molar-refractivity contribution in [2.75, 3.05) is 17.9 Å². The Bertz CT molecular complexity index is 1150. The molecule has 1 aromatic carbocycles. The minimum absolute atomic E-state index is 0.0304. The Hall–Kier alpha value is -2.72. The molecule has 1 atom stereocenters. The van der Waals surface area contributed by atoms with Gasteiger partial charge in [0.1, 0.15) is 5.76 Å². The highest BCUT2D eigenvalue weighted by Gasteiger charge is 2.25. The average Bonchev–Trinajstić information content (AvgIpc) is 3.21. The van der Waals surface area contributed by atoms with E-state index in [0.717, 1.165) is 47.2 Å². The molecule has 35 heavy (non-hydrogen) atoms. The fourth-order valence-electron chi connectivity index (χ4n) is 4.14. The molecule has 0 spiro atoms. The second-order valence-electron chi connectivity index (χ2n) is 9.75. The quantitative estimate of drug-likeness (QED) is 0.378. The van der Waals surface area contributed by atoms with Crippen molar-refractivity contribution in [3.8, 4) is 5.88 Å². The molecule has 1 unspecified atom stereocenters. The van der Waals surface area contributed by atoms with Crippen LogP contribution in [0.5, 0.6) is 5.88 Å². The first-order chi connectivity index (χ1) is 16.6. The number of anilines is 1. The molecule has 1 aliphatic heterocycles. The Kier molecular flexibility index (Phi) is 7.61. The molecule has 2 aromatic heterocycles. The fourth-order valence-corrected chi connectivity index (χ4v) is 4.88. The standard InChI is InChI=1S/C25H31F2N5O2S/c1-15-23(25(3,4)5)34-30-24(15)31-35-19-7-6-17-8-9-32(13-18(17)10-19)16(2)20-11-29-22(12-28-20)33-14-21(26)27/h6-7,10-12,16,21H,8-9,13-14H2,1-5H3,(H,30,31). The van der Waals surface area contributed by atoms with Crippen LogP contribution in [0.1, 0.15) is 61.9 Å². The highest BCUT2D eigenvalue weighted by molar-refractivity contribution is 8.00. The number of nitrogens with one attached hydrogen (secondary N) is 1. The summed E-state index contributed by atoms with van der Waals surface area (Å²) in [6.07, 6.45) is 1.41. The van der Waals surface area contributed by atoms with Gasteiger partial charge in [-0.2, -0.15) is 0 Å². The Labute approximate surface area is 208 Å². The van der Waals surface area contributed by atoms with Crippen LogP contribution in [0.3, 0.4) is 0 Å². The molecular weight excluding hydrogens is 472 g/mol. The Morgan fingerprint density at radius 1 is 1.20 bits per heavy atom. The predicted molar refractivity (Wildman–Crippen MR) is 132 cm³/mol. The van der Waals surface area contributed by atoms with Gasteiger partial charge in [-0.1, -0.05) is 32.0 Å². The van der Waals surface area contributed by atoms with E-state index in [0.29, 0.717) is 0 Å². The Balaban J connectivity index is 1.40. The van der Waals surface area contributed by atoms with Crippen LogP contribution < -0.4 is 9.46 Å². The van der Waals surface area contributed by atoms with E-state index in [9.17, 15) is 8.78 Å². The first-order valence-electron chi connectivity index (χ1n) is 11.6. The molecule has 0 radical (unpaired) electrons. The molecule has 3 aromatic rings. The first-order valence-corrected chi connectivity index (χ1v) is 12.4. The minimum atomic E-state index is -2.54. The van der Waals surface area contributed by atoms with Crippen molar-refractivity contribution in [2.45, 2.75) is 70.4 Å². The van der Waals surface area contributed by atoms with Gasteiger partial charge in [-0.25, -0.2) is 13.8 Å². The van der Waals surface area contributed by atoms with Crippen molar-refractivity contribution in [3.05, 3.63) is 58.7 Å². The van der Waals surface area contributed by atoms with Crippen LogP contribution in [0.25, 0.3) is 0 Å². The summed E-state index contributed by atoms with van der Waals surface area (Å²) in [4.78, 5) is 12.0. The van der Waals surface area contributed by atoms with Crippen LogP contribution in [0.2, 0.25) is 0 Å². The van der Waals surface area contributed by atoms with E-state index in [1.807, 2.05) is 6.92 Å². The molecule has 0 fully saturated rings. The van der Waals surface area contributed by atoms with Crippen molar-refractivity contribution >= 4 is 17.8 Å². The predicted octanol–water partition coefficient (Wildman–Crippen LogP) is 5.95. The smallest absolute Gasteiger partial charge is 0.272 e. The number of halogens is 2. The van der Waals surface area contributed by atoms with E-state index in [4.69, 9.17) is 9.26 Å². The number of hydrogen-bond acceptors (Lipinski definition) is 8. The third kappa shape index (κ3) is 6.10. The highest BCUT2D eigenvalue weighted by atomic mass is 32.2. The van der Waals surface area contributed by atoms with Crippen LogP contribution in [-0.4, -0.2) is 39.6 Å². The van der Waals surface area contributed by atoms with Crippen LogP contribution in [0.15, 0.2) is 40.0 Å². The van der Waals surface area contributed by atoms with Crippen molar-refractivity contribution in [1.29, 1.82) is 0 Å². The molecule has 7 nitrogen and oxygen atoms in total. The normalized spacial score (nSPS) is 15.2. The van der Waals surface area contributed by atoms with E-state index in [1.54, 1.807) is 6.20 Å². The molecule has 188 valence electrons. The molecule has 3 heterocycles. The number of rotatable bonds is 8. The van der Waals surface area contributed by atoms with Gasteiger partial charge in [0.2, 0.25) is 5.88 Å². The number of alkyl halides is 2. The van der Waals surface area contributed by atoms with Gasteiger partial charge in [0.05, 0.1) is 24.1 Å².